The normalized spacial score (nSPS) is 18.4. The van der Waals surface area contributed by atoms with Gasteiger partial charge in [0, 0.05) is 29.1 Å². The molecule has 0 aliphatic carbocycles. The van der Waals surface area contributed by atoms with Crippen molar-refractivity contribution >= 4 is 28.8 Å². The smallest absolute Gasteiger partial charge is 0.331 e. The van der Waals surface area contributed by atoms with Gasteiger partial charge in [-0.15, -0.1) is 0 Å². The number of hydrogen-bond acceptors (Lipinski definition) is 10. The van der Waals surface area contributed by atoms with E-state index in [0.29, 0.717) is 11.7 Å². The van der Waals surface area contributed by atoms with Crippen molar-refractivity contribution in [2.45, 2.75) is 169 Å². The Hall–Kier alpha value is -3.93. The summed E-state index contributed by atoms with van der Waals surface area (Å²) in [6, 6.07) is 4.13. The molecule has 0 radical (unpaired) electrons. The zero-order valence-corrected chi connectivity index (χ0v) is 36.7. The van der Waals surface area contributed by atoms with E-state index in [2.05, 4.69) is 39.6 Å². The zero-order valence-electron chi connectivity index (χ0n) is 36.7. The fraction of sp³-hybridized carbons (Fsp3) is 0.638. The second-order valence-electron chi connectivity index (χ2n) is 17.9. The molecule has 0 saturated carbocycles. The summed E-state index contributed by atoms with van der Waals surface area (Å²) in [6.45, 7) is 18.5. The van der Waals surface area contributed by atoms with E-state index < -0.39 is 48.7 Å². The van der Waals surface area contributed by atoms with Gasteiger partial charge in [0.15, 0.2) is 0 Å². The maximum absolute atomic E-state index is 13.2. The maximum atomic E-state index is 13.2. The van der Waals surface area contributed by atoms with Crippen LogP contribution >= 0.6 is 0 Å². The Morgan fingerprint density at radius 3 is 2.12 bits per heavy atom. The molecule has 0 spiro atoms. The van der Waals surface area contributed by atoms with Crippen LogP contribution in [0.1, 0.15) is 134 Å². The van der Waals surface area contributed by atoms with E-state index in [1.54, 1.807) is 6.20 Å². The molecular formula is C47H72N4O7. The zero-order chi connectivity index (χ0) is 42.7. The summed E-state index contributed by atoms with van der Waals surface area (Å²) in [5, 5.41) is 0.960. The van der Waals surface area contributed by atoms with Crippen molar-refractivity contribution in [3.05, 3.63) is 58.3 Å². The molecule has 0 fully saturated rings. The molecule has 11 nitrogen and oxygen atoms in total. The molecule has 3 aromatic rings. The fourth-order valence-electron chi connectivity index (χ4n) is 8.08. The number of fused-ring (bicyclic) bond motifs is 2. The van der Waals surface area contributed by atoms with Crippen molar-refractivity contribution in [1.82, 2.24) is 4.98 Å². The first-order valence-electron chi connectivity index (χ1n) is 21.6. The van der Waals surface area contributed by atoms with Crippen molar-refractivity contribution < 1.29 is 33.3 Å². The lowest BCUT2D eigenvalue weighted by atomic mass is 9.83. The van der Waals surface area contributed by atoms with Crippen LogP contribution in [-0.2, 0) is 36.7 Å². The molecule has 0 bridgehead atoms. The van der Waals surface area contributed by atoms with Crippen molar-refractivity contribution in [1.29, 1.82) is 0 Å². The Labute approximate surface area is 346 Å². The van der Waals surface area contributed by atoms with E-state index in [1.165, 1.54) is 51.9 Å². The molecule has 0 saturated heterocycles. The monoisotopic (exact) mass is 805 g/mol. The first-order valence-corrected chi connectivity index (χ1v) is 21.6. The number of benzene rings is 2. The summed E-state index contributed by atoms with van der Waals surface area (Å²) in [5.41, 5.74) is 23.5. The number of nitrogens with one attached hydrogen (secondary N) is 1. The molecule has 58 heavy (non-hydrogen) atoms. The van der Waals surface area contributed by atoms with Gasteiger partial charge in [-0.2, -0.15) is 0 Å². The molecule has 7 atom stereocenters. The lowest BCUT2D eigenvalue weighted by Gasteiger charge is -2.38. The lowest BCUT2D eigenvalue weighted by Crippen LogP contribution is -2.48. The Kier molecular flexibility index (Phi) is 17.2. The molecule has 1 aromatic heterocycles. The Morgan fingerprint density at radius 1 is 0.810 bits per heavy atom. The first-order chi connectivity index (χ1) is 27.4. The van der Waals surface area contributed by atoms with Crippen LogP contribution in [0.3, 0.4) is 0 Å². The summed E-state index contributed by atoms with van der Waals surface area (Å²) in [7, 11) is 0. The SMILES string of the molecule is Cc1c(C)c2c(c(C)c1OC(=O)[C@@H](N)COC(=O)[C@@H](N)[C@@H](C)OC(=O)[C@@H](N)Cc1c[nH]c3ccccc13)CCC(C)(CCCC(C)CCCC(C)CCCC(C)C)O2. The van der Waals surface area contributed by atoms with Crippen LogP contribution in [0.15, 0.2) is 30.5 Å². The highest BCUT2D eigenvalue weighted by Gasteiger charge is 2.35. The van der Waals surface area contributed by atoms with Gasteiger partial charge in [0.1, 0.15) is 47.9 Å². The van der Waals surface area contributed by atoms with Gasteiger partial charge in [-0.3, -0.25) is 9.59 Å². The molecule has 7 N–H and O–H groups in total. The minimum Gasteiger partial charge on any atom is -0.487 e. The van der Waals surface area contributed by atoms with Gasteiger partial charge in [0.05, 0.1) is 0 Å². The fourth-order valence-corrected chi connectivity index (χ4v) is 8.08. The Balaban J connectivity index is 1.22. The molecule has 1 aliphatic heterocycles. The third kappa shape index (κ3) is 12.8. The van der Waals surface area contributed by atoms with Crippen LogP contribution < -0.4 is 26.7 Å². The average molecular weight is 805 g/mol. The van der Waals surface area contributed by atoms with Crippen LogP contribution in [0, 0.1) is 38.5 Å². The van der Waals surface area contributed by atoms with Gasteiger partial charge in [0.2, 0.25) is 0 Å². The number of ether oxygens (including phenoxy) is 4. The molecule has 3 unspecified atom stereocenters. The summed E-state index contributed by atoms with van der Waals surface area (Å²) in [6.07, 6.45) is 14.0. The number of rotatable bonds is 22. The summed E-state index contributed by atoms with van der Waals surface area (Å²) in [4.78, 5) is 41.9. The minimum absolute atomic E-state index is 0.236. The van der Waals surface area contributed by atoms with Gasteiger partial charge >= 0.3 is 17.9 Å². The summed E-state index contributed by atoms with van der Waals surface area (Å²) < 4.78 is 23.3. The average Bonchev–Trinajstić information content (AvgIpc) is 3.59. The van der Waals surface area contributed by atoms with Gasteiger partial charge in [-0.25, -0.2) is 4.79 Å². The third-order valence-electron chi connectivity index (χ3n) is 12.2. The maximum Gasteiger partial charge on any atom is 0.331 e. The molecule has 0 amide bonds. The highest BCUT2D eigenvalue weighted by molar-refractivity contribution is 5.85. The van der Waals surface area contributed by atoms with E-state index in [-0.39, 0.29) is 12.0 Å². The van der Waals surface area contributed by atoms with Crippen LogP contribution in [0.2, 0.25) is 0 Å². The van der Waals surface area contributed by atoms with Gasteiger partial charge in [0.25, 0.3) is 0 Å². The largest absolute Gasteiger partial charge is 0.487 e. The van der Waals surface area contributed by atoms with E-state index in [1.807, 2.05) is 45.0 Å². The lowest BCUT2D eigenvalue weighted by molar-refractivity contribution is -0.157. The standard InChI is InChI=1S/C47H72N4O7/c1-28(2)15-12-16-29(3)17-13-18-30(4)19-14-23-47(9)24-22-36-33(7)42(31(5)32(6)43(36)58-47)57-45(53)39(49)27-55-46(54)41(50)34(8)56-44(52)38(48)25-35-26-51-40-21-11-10-20-37(35)40/h10-11,20-21,26,28-30,34,38-39,41,51H,12-19,22-25,27,48-50H2,1-9H3/t29?,30?,34-,38+,39+,41+,47?/m1/s1. The van der Waals surface area contributed by atoms with Gasteiger partial charge in [-0.05, 0) is 106 Å². The quantitative estimate of drug-likeness (QED) is 0.0571. The number of aromatic nitrogens is 1. The van der Waals surface area contributed by atoms with Crippen molar-refractivity contribution in [2.75, 3.05) is 6.61 Å². The predicted octanol–water partition coefficient (Wildman–Crippen LogP) is 8.22. The number of carbonyl (C=O) groups is 3. The van der Waals surface area contributed by atoms with Crippen molar-refractivity contribution in [3.8, 4) is 11.5 Å². The number of hydrogen-bond donors (Lipinski definition) is 4. The highest BCUT2D eigenvalue weighted by atomic mass is 16.6. The molecule has 4 rings (SSSR count). The molecule has 2 heterocycles. The topological polar surface area (TPSA) is 182 Å². The molecule has 2 aromatic carbocycles. The number of para-hydroxylation sites is 1. The number of H-pyrrole nitrogens is 1. The highest BCUT2D eigenvalue weighted by Crippen LogP contribution is 2.45. The second kappa shape index (κ2) is 21.4. The van der Waals surface area contributed by atoms with E-state index in [9.17, 15) is 14.4 Å². The first kappa shape index (κ1) is 46.8. The van der Waals surface area contributed by atoms with Crippen LogP contribution in [0.5, 0.6) is 11.5 Å². The number of carbonyl (C=O) groups excluding carboxylic acids is 3. The van der Waals surface area contributed by atoms with Crippen LogP contribution in [0.25, 0.3) is 10.9 Å². The Morgan fingerprint density at radius 2 is 1.45 bits per heavy atom. The van der Waals surface area contributed by atoms with Gasteiger partial charge < -0.3 is 41.1 Å². The van der Waals surface area contributed by atoms with E-state index in [4.69, 9.17) is 36.1 Å². The van der Waals surface area contributed by atoms with Crippen molar-refractivity contribution in [3.63, 3.8) is 0 Å². The number of nitrogens with two attached hydrogens (primary N) is 3. The molecule has 1 aliphatic rings. The van der Waals surface area contributed by atoms with Gasteiger partial charge in [-0.1, -0.05) is 90.8 Å². The van der Waals surface area contributed by atoms with Crippen LogP contribution in [-0.4, -0.2) is 59.3 Å². The molecule has 11 heteroatoms. The summed E-state index contributed by atoms with van der Waals surface area (Å²) >= 11 is 0. The van der Waals surface area contributed by atoms with E-state index in [0.717, 1.165) is 82.0 Å². The second-order valence-corrected chi connectivity index (χ2v) is 17.9. The summed E-state index contributed by atoms with van der Waals surface area (Å²) in [5.74, 6) is 1.32. The van der Waals surface area contributed by atoms with Crippen molar-refractivity contribution in [2.24, 2.45) is 35.0 Å². The van der Waals surface area contributed by atoms with Crippen LogP contribution in [0.4, 0.5) is 0 Å². The number of aromatic amines is 1. The third-order valence-corrected chi connectivity index (χ3v) is 12.2. The number of esters is 3. The minimum atomic E-state index is -1.32. The predicted molar refractivity (Wildman–Crippen MR) is 231 cm³/mol. The molecular weight excluding hydrogens is 733 g/mol. The van der Waals surface area contributed by atoms with E-state index >= 15 is 0 Å². The Bertz CT molecular complexity index is 1840. The molecule has 322 valence electrons.